The highest BCUT2D eigenvalue weighted by Gasteiger charge is 2.11. The second-order valence-corrected chi connectivity index (χ2v) is 7.61. The maximum atomic E-state index is 5.93. The molecule has 152 valence electrons. The summed E-state index contributed by atoms with van der Waals surface area (Å²) in [7, 11) is 0. The van der Waals surface area contributed by atoms with E-state index in [2.05, 4.69) is 22.1 Å². The second kappa shape index (κ2) is 8.58. The van der Waals surface area contributed by atoms with Crippen molar-refractivity contribution >= 4 is 17.4 Å². The summed E-state index contributed by atoms with van der Waals surface area (Å²) in [6.07, 6.45) is 2.43. The van der Waals surface area contributed by atoms with Gasteiger partial charge in [0, 0.05) is 23.2 Å². The number of halogens is 1. The van der Waals surface area contributed by atoms with Gasteiger partial charge in [-0.2, -0.15) is 9.50 Å². The average molecular weight is 427 g/mol. The van der Waals surface area contributed by atoms with Gasteiger partial charge in [-0.05, 0) is 53.6 Å². The molecule has 5 aromatic rings. The Labute approximate surface area is 184 Å². The van der Waals surface area contributed by atoms with Gasteiger partial charge < -0.3 is 4.74 Å². The third-order valence-electron chi connectivity index (χ3n) is 4.96. The van der Waals surface area contributed by atoms with Crippen molar-refractivity contribution < 1.29 is 4.74 Å². The highest BCUT2D eigenvalue weighted by molar-refractivity contribution is 6.30. The van der Waals surface area contributed by atoms with E-state index in [1.807, 2.05) is 72.8 Å². The molecule has 0 N–H and O–H groups in total. The van der Waals surface area contributed by atoms with Crippen molar-refractivity contribution in [1.29, 1.82) is 0 Å². The first-order chi connectivity index (χ1) is 15.2. The zero-order chi connectivity index (χ0) is 21.0. The van der Waals surface area contributed by atoms with Gasteiger partial charge in [0.05, 0.1) is 5.69 Å². The Morgan fingerprint density at radius 2 is 1.58 bits per heavy atom. The minimum absolute atomic E-state index is 0.488. The summed E-state index contributed by atoms with van der Waals surface area (Å²) in [5, 5.41) is 5.41. The minimum Gasteiger partial charge on any atom is -0.489 e. The van der Waals surface area contributed by atoms with Crippen LogP contribution in [-0.4, -0.2) is 19.6 Å². The summed E-state index contributed by atoms with van der Waals surface area (Å²) >= 11 is 5.93. The molecule has 2 heterocycles. The van der Waals surface area contributed by atoms with E-state index in [0.29, 0.717) is 18.8 Å². The molecule has 0 unspecified atom stereocenters. The van der Waals surface area contributed by atoms with Crippen molar-refractivity contribution in [3.05, 3.63) is 113 Å². The van der Waals surface area contributed by atoms with Crippen LogP contribution in [0.3, 0.4) is 0 Å². The van der Waals surface area contributed by atoms with Gasteiger partial charge in [0.2, 0.25) is 0 Å². The monoisotopic (exact) mass is 426 g/mol. The number of fused-ring (bicyclic) bond motifs is 1. The highest BCUT2D eigenvalue weighted by atomic mass is 35.5. The molecule has 5 nitrogen and oxygen atoms in total. The molecule has 0 aliphatic carbocycles. The highest BCUT2D eigenvalue weighted by Crippen LogP contribution is 2.23. The molecule has 6 heteroatoms. The molecule has 0 bridgehead atoms. The first-order valence-corrected chi connectivity index (χ1v) is 10.3. The smallest absolute Gasteiger partial charge is 0.252 e. The van der Waals surface area contributed by atoms with Gasteiger partial charge in [-0.1, -0.05) is 54.1 Å². The van der Waals surface area contributed by atoms with Gasteiger partial charge >= 0.3 is 0 Å². The van der Waals surface area contributed by atoms with E-state index in [0.717, 1.165) is 33.4 Å². The fourth-order valence-electron chi connectivity index (χ4n) is 3.38. The normalized spacial score (nSPS) is 11.0. The van der Waals surface area contributed by atoms with Gasteiger partial charge in [0.25, 0.3) is 5.78 Å². The van der Waals surface area contributed by atoms with E-state index < -0.39 is 0 Å². The molecular weight excluding hydrogens is 408 g/mol. The van der Waals surface area contributed by atoms with Gasteiger partial charge in [-0.15, -0.1) is 5.10 Å². The molecule has 3 aromatic carbocycles. The summed E-state index contributed by atoms with van der Waals surface area (Å²) in [5.41, 5.74) is 4.18. The Bertz CT molecular complexity index is 1300. The number of hydrogen-bond donors (Lipinski definition) is 0. The fourth-order valence-corrected chi connectivity index (χ4v) is 3.50. The number of aromatic nitrogens is 4. The second-order valence-electron chi connectivity index (χ2n) is 7.17. The maximum Gasteiger partial charge on any atom is 0.252 e. The molecule has 0 fully saturated rings. The third kappa shape index (κ3) is 4.42. The van der Waals surface area contributed by atoms with Crippen molar-refractivity contribution in [3.8, 4) is 17.0 Å². The zero-order valence-electron chi connectivity index (χ0n) is 16.6. The van der Waals surface area contributed by atoms with E-state index in [1.165, 1.54) is 5.56 Å². The molecule has 0 amide bonds. The first-order valence-electron chi connectivity index (χ1n) is 9.97. The minimum atomic E-state index is 0.488. The average Bonchev–Trinajstić information content (AvgIpc) is 3.22. The van der Waals surface area contributed by atoms with Crippen molar-refractivity contribution in [3.63, 3.8) is 0 Å². The predicted octanol–water partition coefficient (Wildman–Crippen LogP) is 5.61. The lowest BCUT2D eigenvalue weighted by molar-refractivity contribution is 0.306. The molecule has 0 atom stereocenters. The number of rotatable bonds is 6. The van der Waals surface area contributed by atoms with E-state index in [4.69, 9.17) is 21.4 Å². The van der Waals surface area contributed by atoms with Crippen LogP contribution >= 0.6 is 11.6 Å². The molecule has 0 aliphatic rings. The Morgan fingerprint density at radius 1 is 0.806 bits per heavy atom. The van der Waals surface area contributed by atoms with Crippen LogP contribution in [0.4, 0.5) is 0 Å². The summed E-state index contributed by atoms with van der Waals surface area (Å²) in [6, 6.07) is 27.7. The summed E-state index contributed by atoms with van der Waals surface area (Å²) in [4.78, 5) is 8.96. The number of ether oxygens (including phenoxy) is 1. The first kappa shape index (κ1) is 19.3. The lowest BCUT2D eigenvalue weighted by atomic mass is 10.1. The number of nitrogens with zero attached hydrogens (tertiary/aromatic N) is 4. The van der Waals surface area contributed by atoms with Crippen molar-refractivity contribution in [2.24, 2.45) is 0 Å². The molecule has 31 heavy (non-hydrogen) atoms. The predicted molar refractivity (Wildman–Crippen MR) is 121 cm³/mol. The number of benzene rings is 3. The van der Waals surface area contributed by atoms with Crippen LogP contribution in [0.15, 0.2) is 91.1 Å². The Morgan fingerprint density at radius 3 is 2.35 bits per heavy atom. The lowest BCUT2D eigenvalue weighted by Gasteiger charge is -2.08. The number of hydrogen-bond acceptors (Lipinski definition) is 4. The van der Waals surface area contributed by atoms with E-state index in [1.54, 1.807) is 10.7 Å². The molecule has 0 saturated heterocycles. The Kier molecular flexibility index (Phi) is 5.33. The quantitative estimate of drug-likeness (QED) is 0.354. The maximum absolute atomic E-state index is 5.93. The topological polar surface area (TPSA) is 52.3 Å². The third-order valence-corrected chi connectivity index (χ3v) is 5.21. The van der Waals surface area contributed by atoms with Crippen LogP contribution in [0.1, 0.15) is 17.0 Å². The van der Waals surface area contributed by atoms with Gasteiger partial charge in [0.15, 0.2) is 5.82 Å². The van der Waals surface area contributed by atoms with Crippen LogP contribution in [0.5, 0.6) is 5.75 Å². The van der Waals surface area contributed by atoms with Crippen molar-refractivity contribution in [2.45, 2.75) is 13.0 Å². The SMILES string of the molecule is Clc1ccc(COc2ccc(-c3ccnc4nc(Cc5ccccc5)nn34)cc2)cc1. The van der Waals surface area contributed by atoms with Gasteiger partial charge in [-0.25, -0.2) is 4.98 Å². The summed E-state index contributed by atoms with van der Waals surface area (Å²) in [5.74, 6) is 2.13. The van der Waals surface area contributed by atoms with Gasteiger partial charge in [0.1, 0.15) is 12.4 Å². The van der Waals surface area contributed by atoms with E-state index in [-0.39, 0.29) is 0 Å². The van der Waals surface area contributed by atoms with Gasteiger partial charge in [-0.3, -0.25) is 0 Å². The molecule has 0 radical (unpaired) electrons. The Hall–Kier alpha value is -3.70. The molecule has 2 aromatic heterocycles. The van der Waals surface area contributed by atoms with E-state index in [9.17, 15) is 0 Å². The Balaban J connectivity index is 1.35. The molecule has 0 saturated carbocycles. The van der Waals surface area contributed by atoms with Crippen molar-refractivity contribution in [2.75, 3.05) is 0 Å². The standard InChI is InChI=1S/C25H19ClN4O/c26-21-10-6-19(7-11-21)17-31-22-12-8-20(9-13-22)23-14-15-27-25-28-24(29-30(23)25)16-18-4-2-1-3-5-18/h1-15H,16-17H2. The zero-order valence-corrected chi connectivity index (χ0v) is 17.4. The van der Waals surface area contributed by atoms with E-state index >= 15 is 0 Å². The van der Waals surface area contributed by atoms with Crippen LogP contribution < -0.4 is 4.74 Å². The molecule has 0 aliphatic heterocycles. The molecular formula is C25H19ClN4O. The lowest BCUT2D eigenvalue weighted by Crippen LogP contribution is -1.97. The summed E-state index contributed by atoms with van der Waals surface area (Å²) in [6.45, 7) is 0.488. The molecule has 5 rings (SSSR count). The van der Waals surface area contributed by atoms with Crippen LogP contribution in [0.25, 0.3) is 17.0 Å². The van der Waals surface area contributed by atoms with Crippen LogP contribution in [-0.2, 0) is 13.0 Å². The summed E-state index contributed by atoms with van der Waals surface area (Å²) < 4.78 is 7.68. The molecule has 0 spiro atoms. The fraction of sp³-hybridized carbons (Fsp3) is 0.0800. The van der Waals surface area contributed by atoms with Crippen molar-refractivity contribution in [1.82, 2.24) is 19.6 Å². The van der Waals surface area contributed by atoms with Crippen LogP contribution in [0.2, 0.25) is 5.02 Å². The van der Waals surface area contributed by atoms with Crippen LogP contribution in [0, 0.1) is 0 Å². The largest absolute Gasteiger partial charge is 0.489 e.